The Morgan fingerprint density at radius 1 is 1.73 bits per heavy atom. The van der Waals surface area contributed by atoms with E-state index in [1.165, 1.54) is 0 Å². The molecule has 0 fully saturated rings. The highest BCUT2D eigenvalue weighted by molar-refractivity contribution is 5.64. The van der Waals surface area contributed by atoms with E-state index < -0.39 is 6.09 Å². The summed E-state index contributed by atoms with van der Waals surface area (Å²) >= 11 is 0. The number of carboxylic acid groups (broad SMARTS) is 1. The lowest BCUT2D eigenvalue weighted by Crippen LogP contribution is -2.23. The van der Waals surface area contributed by atoms with Crippen molar-refractivity contribution in [3.8, 4) is 0 Å². The van der Waals surface area contributed by atoms with Crippen molar-refractivity contribution in [3.63, 3.8) is 0 Å². The Labute approximate surface area is 64.2 Å². The van der Waals surface area contributed by atoms with E-state index in [1.54, 1.807) is 0 Å². The van der Waals surface area contributed by atoms with E-state index in [0.717, 1.165) is 12.0 Å². The second kappa shape index (κ2) is 3.65. The van der Waals surface area contributed by atoms with Crippen molar-refractivity contribution in [3.05, 3.63) is 24.0 Å². The van der Waals surface area contributed by atoms with E-state index in [-0.39, 0.29) is 0 Å². The summed E-state index contributed by atoms with van der Waals surface area (Å²) in [7, 11) is 0. The van der Waals surface area contributed by atoms with Gasteiger partial charge in [-0.1, -0.05) is 0 Å². The fourth-order valence-electron chi connectivity index (χ4n) is 0.828. The molecule has 0 aromatic carbocycles. The van der Waals surface area contributed by atoms with Crippen LogP contribution in [0.15, 0.2) is 18.5 Å². The van der Waals surface area contributed by atoms with Crippen LogP contribution in [0.3, 0.4) is 0 Å². The Morgan fingerprint density at radius 3 is 3.09 bits per heavy atom. The zero-order valence-electron chi connectivity index (χ0n) is 6.00. The number of H-pyrrole nitrogens is 1. The predicted molar refractivity (Wildman–Crippen MR) is 40.5 cm³/mol. The summed E-state index contributed by atoms with van der Waals surface area (Å²) in [5.41, 5.74) is 1.11. The lowest BCUT2D eigenvalue weighted by atomic mass is 10.2. The number of carbonyl (C=O) groups is 1. The van der Waals surface area contributed by atoms with Crippen LogP contribution in [0.1, 0.15) is 5.56 Å². The van der Waals surface area contributed by atoms with Crippen LogP contribution in [0.5, 0.6) is 0 Å². The molecule has 0 saturated heterocycles. The average molecular weight is 154 g/mol. The van der Waals surface area contributed by atoms with Gasteiger partial charge in [-0.05, 0) is 18.1 Å². The van der Waals surface area contributed by atoms with Crippen LogP contribution < -0.4 is 5.32 Å². The van der Waals surface area contributed by atoms with E-state index in [4.69, 9.17) is 5.11 Å². The average Bonchev–Trinajstić information content (AvgIpc) is 2.39. The van der Waals surface area contributed by atoms with Crippen LogP contribution in [-0.4, -0.2) is 22.7 Å². The van der Waals surface area contributed by atoms with E-state index in [0.29, 0.717) is 6.54 Å². The van der Waals surface area contributed by atoms with Crippen LogP contribution in [0.4, 0.5) is 4.79 Å². The number of hydrogen-bond donors (Lipinski definition) is 3. The van der Waals surface area contributed by atoms with Gasteiger partial charge in [0.2, 0.25) is 0 Å². The fourth-order valence-corrected chi connectivity index (χ4v) is 0.828. The molecule has 0 aliphatic heterocycles. The molecule has 3 N–H and O–H groups in total. The number of rotatable bonds is 3. The van der Waals surface area contributed by atoms with E-state index >= 15 is 0 Å². The number of hydrogen-bond acceptors (Lipinski definition) is 1. The number of nitrogens with one attached hydrogen (secondary N) is 2. The van der Waals surface area contributed by atoms with Crippen molar-refractivity contribution in [2.45, 2.75) is 6.42 Å². The Hall–Kier alpha value is -1.45. The molecule has 1 amide bonds. The van der Waals surface area contributed by atoms with Gasteiger partial charge in [0.15, 0.2) is 0 Å². The summed E-state index contributed by atoms with van der Waals surface area (Å²) < 4.78 is 0. The van der Waals surface area contributed by atoms with Crippen molar-refractivity contribution in [2.24, 2.45) is 0 Å². The monoisotopic (exact) mass is 154 g/mol. The highest BCUT2D eigenvalue weighted by Gasteiger charge is 1.94. The summed E-state index contributed by atoms with van der Waals surface area (Å²) in [5, 5.41) is 10.5. The van der Waals surface area contributed by atoms with Crippen molar-refractivity contribution in [1.82, 2.24) is 10.3 Å². The summed E-state index contributed by atoms with van der Waals surface area (Å²) in [6.45, 7) is 0.465. The first-order chi connectivity index (χ1) is 5.29. The first-order valence-electron chi connectivity index (χ1n) is 3.37. The molecule has 0 spiro atoms. The number of aromatic amines is 1. The molecule has 0 radical (unpaired) electrons. The molecule has 4 heteroatoms. The minimum Gasteiger partial charge on any atom is -0.465 e. The van der Waals surface area contributed by atoms with Crippen LogP contribution >= 0.6 is 0 Å². The second-order valence-corrected chi connectivity index (χ2v) is 2.20. The van der Waals surface area contributed by atoms with Crippen LogP contribution in [0.25, 0.3) is 0 Å². The van der Waals surface area contributed by atoms with Gasteiger partial charge in [-0.15, -0.1) is 0 Å². The molecule has 1 heterocycles. The topological polar surface area (TPSA) is 65.1 Å². The van der Waals surface area contributed by atoms with E-state index in [1.807, 2.05) is 18.5 Å². The van der Waals surface area contributed by atoms with Gasteiger partial charge in [0.25, 0.3) is 0 Å². The van der Waals surface area contributed by atoms with Gasteiger partial charge in [-0.25, -0.2) is 4.79 Å². The summed E-state index contributed by atoms with van der Waals surface area (Å²) in [4.78, 5) is 12.9. The Morgan fingerprint density at radius 2 is 2.55 bits per heavy atom. The standard InChI is InChI=1S/C7H10N2O2/c10-7(11)9-4-2-6-1-3-8-5-6/h1,3,5,8-9H,2,4H2,(H,10,11). The molecule has 0 aliphatic rings. The van der Waals surface area contributed by atoms with Gasteiger partial charge in [-0.3, -0.25) is 0 Å². The molecule has 1 aromatic rings. The highest BCUT2D eigenvalue weighted by Crippen LogP contribution is 1.95. The van der Waals surface area contributed by atoms with Crippen molar-refractivity contribution in [1.29, 1.82) is 0 Å². The quantitative estimate of drug-likeness (QED) is 0.603. The van der Waals surface area contributed by atoms with Crippen LogP contribution in [0.2, 0.25) is 0 Å². The molecule has 0 aliphatic carbocycles. The lowest BCUT2D eigenvalue weighted by molar-refractivity contribution is 0.194. The van der Waals surface area contributed by atoms with Gasteiger partial charge in [-0.2, -0.15) is 0 Å². The molecular weight excluding hydrogens is 144 g/mol. The van der Waals surface area contributed by atoms with E-state index in [9.17, 15) is 4.79 Å². The summed E-state index contributed by atoms with van der Waals surface area (Å²) in [5.74, 6) is 0. The number of amides is 1. The Balaban J connectivity index is 2.19. The second-order valence-electron chi connectivity index (χ2n) is 2.20. The molecular formula is C7H10N2O2. The summed E-state index contributed by atoms with van der Waals surface area (Å²) in [6.07, 6.45) is 3.43. The van der Waals surface area contributed by atoms with Gasteiger partial charge in [0.1, 0.15) is 0 Å². The van der Waals surface area contributed by atoms with Gasteiger partial charge in [0, 0.05) is 18.9 Å². The highest BCUT2D eigenvalue weighted by atomic mass is 16.4. The molecule has 0 unspecified atom stereocenters. The third kappa shape index (κ3) is 2.75. The zero-order valence-corrected chi connectivity index (χ0v) is 6.00. The lowest BCUT2D eigenvalue weighted by Gasteiger charge is -1.96. The van der Waals surface area contributed by atoms with Gasteiger partial charge < -0.3 is 15.4 Å². The van der Waals surface area contributed by atoms with Crippen molar-refractivity contribution >= 4 is 6.09 Å². The van der Waals surface area contributed by atoms with Crippen molar-refractivity contribution < 1.29 is 9.90 Å². The maximum Gasteiger partial charge on any atom is 0.404 e. The zero-order chi connectivity index (χ0) is 8.10. The smallest absolute Gasteiger partial charge is 0.404 e. The molecule has 1 aromatic heterocycles. The third-order valence-electron chi connectivity index (χ3n) is 1.35. The maximum absolute atomic E-state index is 10.0. The van der Waals surface area contributed by atoms with Crippen LogP contribution in [0, 0.1) is 0 Å². The van der Waals surface area contributed by atoms with Gasteiger partial charge in [0.05, 0.1) is 0 Å². The molecule has 1 rings (SSSR count). The van der Waals surface area contributed by atoms with Crippen molar-refractivity contribution in [2.75, 3.05) is 6.54 Å². The minimum absolute atomic E-state index is 0.465. The molecule has 4 nitrogen and oxygen atoms in total. The first kappa shape index (κ1) is 7.65. The maximum atomic E-state index is 10.0. The molecule has 0 atom stereocenters. The van der Waals surface area contributed by atoms with E-state index in [2.05, 4.69) is 10.3 Å². The van der Waals surface area contributed by atoms with Crippen LogP contribution in [-0.2, 0) is 6.42 Å². The largest absolute Gasteiger partial charge is 0.465 e. The third-order valence-corrected chi connectivity index (χ3v) is 1.35. The Kier molecular flexibility index (Phi) is 2.54. The minimum atomic E-state index is -0.972. The van der Waals surface area contributed by atoms with Gasteiger partial charge >= 0.3 is 6.09 Å². The Bertz CT molecular complexity index is 218. The SMILES string of the molecule is O=C(O)NCCc1cc[nH]c1. The molecule has 0 bridgehead atoms. The summed E-state index contributed by atoms with van der Waals surface area (Å²) in [6, 6.07) is 1.92. The fraction of sp³-hybridized carbons (Fsp3) is 0.286. The molecule has 0 saturated carbocycles. The molecule has 11 heavy (non-hydrogen) atoms. The normalized spacial score (nSPS) is 9.45. The molecule has 60 valence electrons. The predicted octanol–water partition coefficient (Wildman–Crippen LogP) is 0.825. The number of aromatic nitrogens is 1. The first-order valence-corrected chi connectivity index (χ1v) is 3.37.